The minimum absolute atomic E-state index is 0.0249. The normalized spacial score (nSPS) is 10.7. The first-order valence-electron chi connectivity index (χ1n) is 8.71. The van der Waals surface area contributed by atoms with E-state index in [1.807, 2.05) is 62.4 Å². The maximum atomic E-state index is 12.5. The average molecular weight is 362 g/mol. The van der Waals surface area contributed by atoms with Gasteiger partial charge in [0.1, 0.15) is 0 Å². The van der Waals surface area contributed by atoms with Crippen molar-refractivity contribution in [3.63, 3.8) is 0 Å². The Kier molecular flexibility index (Phi) is 6.13. The van der Waals surface area contributed by atoms with Gasteiger partial charge in [0, 0.05) is 5.69 Å². The lowest BCUT2D eigenvalue weighted by Gasteiger charge is -2.17. The zero-order chi connectivity index (χ0) is 18.4. The van der Waals surface area contributed by atoms with Crippen LogP contribution in [-0.2, 0) is 4.79 Å². The van der Waals surface area contributed by atoms with Crippen LogP contribution in [0.15, 0.2) is 78.9 Å². The maximum absolute atomic E-state index is 12.5. The molecule has 0 atom stereocenters. The summed E-state index contributed by atoms with van der Waals surface area (Å²) in [4.78, 5) is 12.5. The molecule has 3 aromatic carbocycles. The van der Waals surface area contributed by atoms with Crippen molar-refractivity contribution in [3.8, 4) is 0 Å². The molecule has 132 valence electrons. The Bertz CT molecular complexity index is 802. The van der Waals surface area contributed by atoms with Gasteiger partial charge in [0.05, 0.1) is 11.0 Å². The lowest BCUT2D eigenvalue weighted by molar-refractivity contribution is -0.113. The van der Waals surface area contributed by atoms with E-state index in [2.05, 4.69) is 35.6 Å². The standard InChI is InChI=1S/C23H23NOS/c1-17-13-18(2)15-21(14-17)24-22(25)16-26-23(19-9-5-3-6-10-19)20-11-7-4-8-12-20/h3-15,23H,16H2,1-2H3,(H,24,25). The van der Waals surface area contributed by atoms with E-state index in [-0.39, 0.29) is 11.2 Å². The second-order valence-electron chi connectivity index (χ2n) is 6.44. The van der Waals surface area contributed by atoms with E-state index in [4.69, 9.17) is 0 Å². The Hall–Kier alpha value is -2.52. The van der Waals surface area contributed by atoms with Crippen LogP contribution in [0.3, 0.4) is 0 Å². The molecule has 0 aliphatic rings. The summed E-state index contributed by atoms with van der Waals surface area (Å²) >= 11 is 1.65. The Morgan fingerprint density at radius 1 is 0.846 bits per heavy atom. The highest BCUT2D eigenvalue weighted by Crippen LogP contribution is 2.35. The van der Waals surface area contributed by atoms with Gasteiger partial charge in [-0.3, -0.25) is 4.79 Å². The predicted octanol–water partition coefficient (Wildman–Crippen LogP) is 5.76. The molecule has 26 heavy (non-hydrogen) atoms. The van der Waals surface area contributed by atoms with E-state index in [0.717, 1.165) is 16.8 Å². The summed E-state index contributed by atoms with van der Waals surface area (Å²) in [6.45, 7) is 4.08. The topological polar surface area (TPSA) is 29.1 Å². The maximum Gasteiger partial charge on any atom is 0.234 e. The number of nitrogens with one attached hydrogen (secondary N) is 1. The molecule has 0 fully saturated rings. The summed E-state index contributed by atoms with van der Waals surface area (Å²) in [5.41, 5.74) is 5.59. The number of rotatable bonds is 6. The van der Waals surface area contributed by atoms with Gasteiger partial charge in [-0.25, -0.2) is 0 Å². The molecule has 0 aliphatic heterocycles. The van der Waals surface area contributed by atoms with Crippen molar-refractivity contribution in [1.29, 1.82) is 0 Å². The van der Waals surface area contributed by atoms with Crippen LogP contribution in [0, 0.1) is 13.8 Å². The number of carbonyl (C=O) groups is 1. The number of hydrogen-bond donors (Lipinski definition) is 1. The molecule has 0 saturated carbocycles. The zero-order valence-corrected chi connectivity index (χ0v) is 15.9. The average Bonchev–Trinajstić information content (AvgIpc) is 2.63. The molecule has 0 bridgehead atoms. The largest absolute Gasteiger partial charge is 0.325 e. The van der Waals surface area contributed by atoms with Gasteiger partial charge >= 0.3 is 0 Å². The van der Waals surface area contributed by atoms with Crippen molar-refractivity contribution < 1.29 is 4.79 Å². The van der Waals surface area contributed by atoms with Crippen molar-refractivity contribution in [2.24, 2.45) is 0 Å². The van der Waals surface area contributed by atoms with Crippen molar-refractivity contribution in [3.05, 3.63) is 101 Å². The molecule has 0 aliphatic carbocycles. The van der Waals surface area contributed by atoms with Gasteiger partial charge in [0.25, 0.3) is 0 Å². The van der Waals surface area contributed by atoms with Crippen LogP contribution in [0.5, 0.6) is 0 Å². The SMILES string of the molecule is Cc1cc(C)cc(NC(=O)CSC(c2ccccc2)c2ccccc2)c1. The van der Waals surface area contributed by atoms with E-state index >= 15 is 0 Å². The Balaban J connectivity index is 1.70. The molecule has 3 aromatic rings. The van der Waals surface area contributed by atoms with E-state index in [1.54, 1.807) is 11.8 Å². The lowest BCUT2D eigenvalue weighted by Crippen LogP contribution is -2.15. The number of benzene rings is 3. The highest BCUT2D eigenvalue weighted by molar-refractivity contribution is 8.00. The van der Waals surface area contributed by atoms with Gasteiger partial charge in [0.2, 0.25) is 5.91 Å². The van der Waals surface area contributed by atoms with E-state index in [0.29, 0.717) is 5.75 Å². The fraction of sp³-hybridized carbons (Fsp3) is 0.174. The van der Waals surface area contributed by atoms with Crippen LogP contribution < -0.4 is 5.32 Å². The molecule has 0 heterocycles. The van der Waals surface area contributed by atoms with Gasteiger partial charge in [0.15, 0.2) is 0 Å². The lowest BCUT2D eigenvalue weighted by atomic mass is 10.0. The molecule has 0 unspecified atom stereocenters. The smallest absolute Gasteiger partial charge is 0.234 e. The van der Waals surface area contributed by atoms with E-state index in [9.17, 15) is 4.79 Å². The van der Waals surface area contributed by atoms with E-state index < -0.39 is 0 Å². The van der Waals surface area contributed by atoms with Gasteiger partial charge < -0.3 is 5.32 Å². The van der Waals surface area contributed by atoms with Crippen LogP contribution in [0.25, 0.3) is 0 Å². The van der Waals surface area contributed by atoms with Crippen LogP contribution in [0.4, 0.5) is 5.69 Å². The number of thioether (sulfide) groups is 1. The first kappa shape index (κ1) is 18.3. The summed E-state index contributed by atoms with van der Waals surface area (Å²) in [5, 5.41) is 3.16. The van der Waals surface area contributed by atoms with Crippen molar-refractivity contribution in [2.75, 3.05) is 11.1 Å². The molecule has 2 nitrogen and oxygen atoms in total. The van der Waals surface area contributed by atoms with Gasteiger partial charge in [-0.2, -0.15) is 0 Å². The van der Waals surface area contributed by atoms with Crippen LogP contribution in [-0.4, -0.2) is 11.7 Å². The number of aryl methyl sites for hydroxylation is 2. The second kappa shape index (κ2) is 8.72. The van der Waals surface area contributed by atoms with Crippen LogP contribution >= 0.6 is 11.8 Å². The molecular weight excluding hydrogens is 338 g/mol. The van der Waals surface area contributed by atoms with Crippen molar-refractivity contribution in [2.45, 2.75) is 19.1 Å². The minimum atomic E-state index is 0.0249. The molecular formula is C23H23NOS. The Labute approximate surface area is 159 Å². The van der Waals surface area contributed by atoms with E-state index in [1.165, 1.54) is 11.1 Å². The first-order chi connectivity index (χ1) is 12.6. The molecule has 0 radical (unpaired) electrons. The fourth-order valence-corrected chi connectivity index (χ4v) is 4.13. The highest BCUT2D eigenvalue weighted by atomic mass is 32.2. The van der Waals surface area contributed by atoms with Gasteiger partial charge in [-0.1, -0.05) is 66.7 Å². The minimum Gasteiger partial charge on any atom is -0.325 e. The third kappa shape index (κ3) is 4.99. The number of amides is 1. The molecule has 0 saturated heterocycles. The molecule has 1 amide bonds. The summed E-state index contributed by atoms with van der Waals surface area (Å²) in [6.07, 6.45) is 0. The summed E-state index contributed by atoms with van der Waals surface area (Å²) in [7, 11) is 0. The number of carbonyl (C=O) groups excluding carboxylic acids is 1. The quantitative estimate of drug-likeness (QED) is 0.604. The summed E-state index contributed by atoms with van der Waals surface area (Å²) in [5.74, 6) is 0.429. The third-order valence-corrected chi connectivity index (χ3v) is 5.40. The van der Waals surface area contributed by atoms with Crippen LogP contribution in [0.2, 0.25) is 0 Å². The summed E-state index contributed by atoms with van der Waals surface area (Å²) < 4.78 is 0. The number of hydrogen-bond acceptors (Lipinski definition) is 2. The number of anilines is 1. The second-order valence-corrected chi connectivity index (χ2v) is 7.53. The molecule has 3 rings (SSSR count). The molecule has 1 N–H and O–H groups in total. The Morgan fingerprint density at radius 2 is 1.35 bits per heavy atom. The fourth-order valence-electron chi connectivity index (χ4n) is 3.04. The Morgan fingerprint density at radius 3 is 1.85 bits per heavy atom. The van der Waals surface area contributed by atoms with Crippen molar-refractivity contribution >= 4 is 23.4 Å². The van der Waals surface area contributed by atoms with Gasteiger partial charge in [-0.15, -0.1) is 11.8 Å². The third-order valence-electron chi connectivity index (χ3n) is 4.09. The monoisotopic (exact) mass is 361 g/mol. The molecule has 3 heteroatoms. The molecule has 0 aromatic heterocycles. The first-order valence-corrected chi connectivity index (χ1v) is 9.76. The highest BCUT2D eigenvalue weighted by Gasteiger charge is 2.16. The molecule has 0 spiro atoms. The van der Waals surface area contributed by atoms with Gasteiger partial charge in [-0.05, 0) is 48.2 Å². The van der Waals surface area contributed by atoms with Crippen molar-refractivity contribution in [1.82, 2.24) is 0 Å². The van der Waals surface area contributed by atoms with Crippen LogP contribution in [0.1, 0.15) is 27.5 Å². The zero-order valence-electron chi connectivity index (χ0n) is 15.1. The summed E-state index contributed by atoms with van der Waals surface area (Å²) in [6, 6.07) is 26.8. The predicted molar refractivity (Wildman–Crippen MR) is 112 cm³/mol.